The van der Waals surface area contributed by atoms with Gasteiger partial charge in [-0.15, -0.1) is 0 Å². The van der Waals surface area contributed by atoms with Gasteiger partial charge in [-0.2, -0.15) is 5.10 Å². The van der Waals surface area contributed by atoms with Crippen molar-refractivity contribution in [3.8, 4) is 0 Å². The number of amides is 1. The van der Waals surface area contributed by atoms with E-state index in [9.17, 15) is 9.90 Å². The van der Waals surface area contributed by atoms with Crippen molar-refractivity contribution < 1.29 is 14.6 Å². The van der Waals surface area contributed by atoms with Crippen LogP contribution in [0.1, 0.15) is 23.4 Å². The molecule has 0 radical (unpaired) electrons. The number of aromatic nitrogens is 2. The molecule has 6 heteroatoms. The maximum absolute atomic E-state index is 11.7. The number of aryl methyl sites for hydroxylation is 2. The van der Waals surface area contributed by atoms with Gasteiger partial charge in [0.1, 0.15) is 0 Å². The number of H-pyrrole nitrogens is 1. The van der Waals surface area contributed by atoms with E-state index >= 15 is 0 Å². The monoisotopic (exact) mass is 253 g/mol. The molecule has 18 heavy (non-hydrogen) atoms. The fourth-order valence-corrected chi connectivity index (χ4v) is 1.97. The second-order valence-electron chi connectivity index (χ2n) is 4.70. The molecule has 3 N–H and O–H groups in total. The van der Waals surface area contributed by atoms with Gasteiger partial charge in [-0.05, 0) is 19.4 Å². The molecule has 0 unspecified atom stereocenters. The van der Waals surface area contributed by atoms with Gasteiger partial charge in [0.2, 0.25) is 5.91 Å². The van der Waals surface area contributed by atoms with Crippen molar-refractivity contribution in [1.82, 2.24) is 15.5 Å². The summed E-state index contributed by atoms with van der Waals surface area (Å²) in [5.74, 6) is -0.0791. The summed E-state index contributed by atoms with van der Waals surface area (Å²) >= 11 is 0. The van der Waals surface area contributed by atoms with Gasteiger partial charge in [0.25, 0.3) is 0 Å². The van der Waals surface area contributed by atoms with Crippen LogP contribution in [0, 0.1) is 13.8 Å². The number of hydrogen-bond donors (Lipinski definition) is 3. The minimum absolute atomic E-state index is 0.0791. The normalized spacial score (nSPS) is 23.3. The van der Waals surface area contributed by atoms with E-state index in [1.807, 2.05) is 13.8 Å². The first-order valence-electron chi connectivity index (χ1n) is 6.13. The average molecular weight is 253 g/mol. The van der Waals surface area contributed by atoms with Crippen LogP contribution in [-0.4, -0.2) is 46.6 Å². The number of aliphatic hydroxyl groups is 1. The molecule has 0 spiro atoms. The highest BCUT2D eigenvalue weighted by Crippen LogP contribution is 2.11. The van der Waals surface area contributed by atoms with Crippen LogP contribution in [0.5, 0.6) is 0 Å². The summed E-state index contributed by atoms with van der Waals surface area (Å²) in [4.78, 5) is 11.7. The zero-order valence-electron chi connectivity index (χ0n) is 10.7. The summed E-state index contributed by atoms with van der Waals surface area (Å²) in [6.07, 6.45) is 0.378. The Kier molecular flexibility index (Phi) is 3.98. The molecule has 1 aliphatic heterocycles. The summed E-state index contributed by atoms with van der Waals surface area (Å²) in [5, 5.41) is 19.3. The van der Waals surface area contributed by atoms with Gasteiger partial charge in [-0.1, -0.05) is 0 Å². The maximum Gasteiger partial charge on any atom is 0.220 e. The van der Waals surface area contributed by atoms with Gasteiger partial charge in [0, 0.05) is 18.5 Å². The minimum atomic E-state index is -0.594. The molecule has 100 valence electrons. The lowest BCUT2D eigenvalue weighted by Gasteiger charge is -2.14. The molecule has 2 rings (SSSR count). The molecule has 6 nitrogen and oxygen atoms in total. The van der Waals surface area contributed by atoms with E-state index in [0.717, 1.165) is 17.0 Å². The molecule has 1 aliphatic rings. The van der Waals surface area contributed by atoms with Gasteiger partial charge in [0.05, 0.1) is 31.1 Å². The highest BCUT2D eigenvalue weighted by molar-refractivity contribution is 5.76. The van der Waals surface area contributed by atoms with Crippen molar-refractivity contribution in [2.45, 2.75) is 38.8 Å². The molecule has 1 aromatic heterocycles. The van der Waals surface area contributed by atoms with Crippen molar-refractivity contribution in [2.75, 3.05) is 13.2 Å². The lowest BCUT2D eigenvalue weighted by atomic mass is 10.1. The molecule has 0 aliphatic carbocycles. The van der Waals surface area contributed by atoms with Gasteiger partial charge in [0.15, 0.2) is 0 Å². The minimum Gasteiger partial charge on any atom is -0.388 e. The Hall–Kier alpha value is -1.40. The quantitative estimate of drug-likeness (QED) is 0.695. The molecule has 1 amide bonds. The standard InChI is InChI=1S/C12H19N3O3/c1-7-8(2)14-15-9(7)3-4-12(17)13-10-5-18-6-11(10)16/h10-11,16H,3-6H2,1-2H3,(H,13,17)(H,14,15)/t10-,11-/m0/s1. The molecule has 1 saturated heterocycles. The Labute approximate surface area is 106 Å². The van der Waals surface area contributed by atoms with E-state index in [1.165, 1.54) is 0 Å². The van der Waals surface area contributed by atoms with E-state index in [1.54, 1.807) is 0 Å². The topological polar surface area (TPSA) is 87.2 Å². The fraction of sp³-hybridized carbons (Fsp3) is 0.667. The van der Waals surface area contributed by atoms with Crippen LogP contribution in [0.4, 0.5) is 0 Å². The largest absolute Gasteiger partial charge is 0.388 e. The third kappa shape index (κ3) is 2.88. The fourth-order valence-electron chi connectivity index (χ4n) is 1.97. The molecule has 0 aromatic carbocycles. The Morgan fingerprint density at radius 2 is 2.33 bits per heavy atom. The van der Waals surface area contributed by atoms with Crippen LogP contribution < -0.4 is 5.32 Å². The summed E-state index contributed by atoms with van der Waals surface area (Å²) in [6.45, 7) is 4.62. The van der Waals surface area contributed by atoms with Crippen LogP contribution >= 0.6 is 0 Å². The highest BCUT2D eigenvalue weighted by Gasteiger charge is 2.27. The maximum atomic E-state index is 11.7. The van der Waals surface area contributed by atoms with E-state index in [-0.39, 0.29) is 11.9 Å². The Balaban J connectivity index is 1.80. The van der Waals surface area contributed by atoms with Crippen LogP contribution in [0.15, 0.2) is 0 Å². The molecular formula is C12H19N3O3. The SMILES string of the molecule is Cc1[nH]nc(CCC(=O)N[C@H]2COC[C@@H]2O)c1C. The third-order valence-electron chi connectivity index (χ3n) is 3.34. The lowest BCUT2D eigenvalue weighted by molar-refractivity contribution is -0.122. The molecule has 0 bridgehead atoms. The van der Waals surface area contributed by atoms with Crippen molar-refractivity contribution in [3.63, 3.8) is 0 Å². The van der Waals surface area contributed by atoms with Crippen LogP contribution in [0.25, 0.3) is 0 Å². The molecule has 0 saturated carbocycles. The summed E-state index contributed by atoms with van der Waals surface area (Å²) in [7, 11) is 0. The van der Waals surface area contributed by atoms with Gasteiger partial charge in [-0.3, -0.25) is 9.89 Å². The molecule has 2 heterocycles. The molecule has 1 fully saturated rings. The third-order valence-corrected chi connectivity index (χ3v) is 3.34. The summed E-state index contributed by atoms with van der Waals surface area (Å²) in [6, 6.07) is -0.278. The lowest BCUT2D eigenvalue weighted by Crippen LogP contribution is -2.42. The number of nitrogens with zero attached hydrogens (tertiary/aromatic N) is 1. The number of carbonyl (C=O) groups excluding carboxylic acids is 1. The second kappa shape index (κ2) is 5.49. The van der Waals surface area contributed by atoms with Crippen LogP contribution in [0.3, 0.4) is 0 Å². The number of carbonyl (C=O) groups is 1. The van der Waals surface area contributed by atoms with Gasteiger partial charge >= 0.3 is 0 Å². The number of aliphatic hydroxyl groups excluding tert-OH is 1. The zero-order valence-corrected chi connectivity index (χ0v) is 10.7. The van der Waals surface area contributed by atoms with Crippen molar-refractivity contribution in [2.24, 2.45) is 0 Å². The predicted molar refractivity (Wildman–Crippen MR) is 65.1 cm³/mol. The summed E-state index contributed by atoms with van der Waals surface area (Å²) in [5.41, 5.74) is 3.06. The Morgan fingerprint density at radius 1 is 1.56 bits per heavy atom. The van der Waals surface area contributed by atoms with E-state index in [0.29, 0.717) is 26.1 Å². The molecule has 1 aromatic rings. The van der Waals surface area contributed by atoms with E-state index < -0.39 is 6.10 Å². The van der Waals surface area contributed by atoms with Crippen LogP contribution in [0.2, 0.25) is 0 Å². The van der Waals surface area contributed by atoms with Crippen molar-refractivity contribution in [3.05, 3.63) is 17.0 Å². The van der Waals surface area contributed by atoms with Gasteiger partial charge < -0.3 is 15.2 Å². The number of rotatable bonds is 4. The first-order chi connectivity index (χ1) is 8.58. The number of ether oxygens (including phenoxy) is 1. The van der Waals surface area contributed by atoms with E-state index in [4.69, 9.17) is 4.74 Å². The average Bonchev–Trinajstić information content (AvgIpc) is 2.86. The zero-order chi connectivity index (χ0) is 13.1. The summed E-state index contributed by atoms with van der Waals surface area (Å²) < 4.78 is 5.07. The first-order valence-corrected chi connectivity index (χ1v) is 6.13. The Bertz CT molecular complexity index is 430. The van der Waals surface area contributed by atoms with E-state index in [2.05, 4.69) is 15.5 Å². The van der Waals surface area contributed by atoms with Gasteiger partial charge in [-0.25, -0.2) is 0 Å². The Morgan fingerprint density at radius 3 is 2.89 bits per heavy atom. The van der Waals surface area contributed by atoms with Crippen LogP contribution in [-0.2, 0) is 16.0 Å². The van der Waals surface area contributed by atoms with Crippen molar-refractivity contribution in [1.29, 1.82) is 0 Å². The number of hydrogen-bond acceptors (Lipinski definition) is 4. The number of aromatic amines is 1. The first kappa shape index (κ1) is 13.0. The number of nitrogens with one attached hydrogen (secondary N) is 2. The molecular weight excluding hydrogens is 234 g/mol. The highest BCUT2D eigenvalue weighted by atomic mass is 16.5. The molecule has 2 atom stereocenters. The predicted octanol–water partition coefficient (Wildman–Crippen LogP) is -0.165. The second-order valence-corrected chi connectivity index (χ2v) is 4.70. The van der Waals surface area contributed by atoms with Crippen molar-refractivity contribution >= 4 is 5.91 Å². The smallest absolute Gasteiger partial charge is 0.220 e.